The molecule has 0 spiro atoms. The predicted octanol–water partition coefficient (Wildman–Crippen LogP) is -0.482. The molecule has 0 aromatic carbocycles. The summed E-state index contributed by atoms with van der Waals surface area (Å²) in [5, 5.41) is 0. The SMILES string of the molecule is Cn1cc[n+](C)c1[CH2][Na]. The summed E-state index contributed by atoms with van der Waals surface area (Å²) in [6.45, 7) is 0. The quantitative estimate of drug-likeness (QED) is 0.361. The standard InChI is InChI=1S/C6H10N2.Na/c1-6-7(2)4-5-8(6)3;/h4-5H,1H2,2-3H3;/q+1;. The number of rotatable bonds is 1. The van der Waals surface area contributed by atoms with Gasteiger partial charge in [0.2, 0.25) is 0 Å². The zero-order valence-electron chi connectivity index (χ0n) is 6.26. The number of nitrogens with zero attached hydrogens (tertiary/aromatic N) is 2. The Morgan fingerprint density at radius 2 is 2.44 bits per heavy atom. The van der Waals surface area contributed by atoms with Crippen LogP contribution in [0.2, 0.25) is 0 Å². The second-order valence-electron chi connectivity index (χ2n) is 2.29. The van der Waals surface area contributed by atoms with E-state index in [2.05, 4.69) is 35.6 Å². The van der Waals surface area contributed by atoms with Crippen LogP contribution in [0.4, 0.5) is 0 Å². The van der Waals surface area contributed by atoms with Crippen LogP contribution in [-0.4, -0.2) is 32.5 Å². The minimum absolute atomic E-state index is 1.24. The molecule has 0 atom stereocenters. The number of aromatic nitrogens is 2. The molecule has 3 heteroatoms. The molecule has 44 valence electrons. The van der Waals surface area contributed by atoms with Crippen molar-refractivity contribution in [1.29, 1.82) is 0 Å². The van der Waals surface area contributed by atoms with Gasteiger partial charge in [-0.05, 0) is 0 Å². The van der Waals surface area contributed by atoms with E-state index in [-0.39, 0.29) is 0 Å². The summed E-state index contributed by atoms with van der Waals surface area (Å²) in [4.78, 5) is 0. The Hall–Kier alpha value is 0.210. The summed E-state index contributed by atoms with van der Waals surface area (Å²) in [5.74, 6) is 1.42. The van der Waals surface area contributed by atoms with Gasteiger partial charge in [-0.15, -0.1) is 0 Å². The van der Waals surface area contributed by atoms with Gasteiger partial charge in [-0.25, -0.2) is 0 Å². The molecule has 1 heterocycles. The second-order valence-corrected chi connectivity index (χ2v) is 3.00. The van der Waals surface area contributed by atoms with E-state index in [0.717, 1.165) is 0 Å². The first-order valence-corrected chi connectivity index (χ1v) is 4.67. The first-order chi connectivity index (χ1) is 4.25. The van der Waals surface area contributed by atoms with Crippen LogP contribution >= 0.6 is 0 Å². The van der Waals surface area contributed by atoms with Gasteiger partial charge in [-0.2, -0.15) is 0 Å². The Kier molecular flexibility index (Phi) is 2.33. The van der Waals surface area contributed by atoms with E-state index in [1.165, 1.54) is 37.4 Å². The van der Waals surface area contributed by atoms with Crippen molar-refractivity contribution < 1.29 is 4.57 Å². The van der Waals surface area contributed by atoms with Gasteiger partial charge >= 0.3 is 73.0 Å². The van der Waals surface area contributed by atoms with Crippen molar-refractivity contribution in [1.82, 2.24) is 4.57 Å². The molecule has 1 rings (SSSR count). The van der Waals surface area contributed by atoms with E-state index in [9.17, 15) is 0 Å². The van der Waals surface area contributed by atoms with Crippen LogP contribution in [0.25, 0.3) is 0 Å². The number of hydrogen-bond acceptors (Lipinski definition) is 0. The van der Waals surface area contributed by atoms with Crippen LogP contribution in [-0.2, 0) is 17.8 Å². The third kappa shape index (κ3) is 1.37. The zero-order chi connectivity index (χ0) is 6.85. The molecule has 0 fully saturated rings. The Labute approximate surface area is 72.9 Å². The van der Waals surface area contributed by atoms with Crippen molar-refractivity contribution in [2.45, 2.75) is 3.67 Å². The molecular formula is C6H10N2Na+. The summed E-state index contributed by atoms with van der Waals surface area (Å²) in [7, 11) is 4.18. The van der Waals surface area contributed by atoms with Crippen LogP contribution in [0.15, 0.2) is 12.4 Å². The third-order valence-electron chi connectivity index (χ3n) is 1.64. The normalized spacial score (nSPS) is 10.2. The number of hydrogen-bond donors (Lipinski definition) is 0. The molecule has 0 aliphatic rings. The fraction of sp³-hybridized carbons (Fsp3) is 0.500. The van der Waals surface area contributed by atoms with Crippen molar-refractivity contribution in [2.24, 2.45) is 14.1 Å². The van der Waals surface area contributed by atoms with Crippen LogP contribution in [0.3, 0.4) is 0 Å². The third-order valence-corrected chi connectivity index (χ3v) is 2.28. The molecule has 0 saturated carbocycles. The molecular weight excluding hydrogens is 123 g/mol. The van der Waals surface area contributed by atoms with Gasteiger partial charge in [0.15, 0.2) is 0 Å². The molecule has 0 N–H and O–H groups in total. The Morgan fingerprint density at radius 1 is 1.78 bits per heavy atom. The Morgan fingerprint density at radius 3 is 2.67 bits per heavy atom. The van der Waals surface area contributed by atoms with Gasteiger partial charge < -0.3 is 0 Å². The average Bonchev–Trinajstić information content (AvgIpc) is 2.12. The van der Waals surface area contributed by atoms with Crippen LogP contribution in [0.5, 0.6) is 0 Å². The van der Waals surface area contributed by atoms with Gasteiger partial charge in [0.05, 0.1) is 0 Å². The Balaban J connectivity index is 3.07. The molecule has 0 unspecified atom stereocenters. The average molecular weight is 133 g/mol. The van der Waals surface area contributed by atoms with Crippen molar-refractivity contribution in [3.63, 3.8) is 0 Å². The van der Waals surface area contributed by atoms with Crippen molar-refractivity contribution in [2.75, 3.05) is 0 Å². The number of aryl methyl sites for hydroxylation is 2. The molecule has 0 amide bonds. The van der Waals surface area contributed by atoms with Gasteiger partial charge in [0, 0.05) is 0 Å². The van der Waals surface area contributed by atoms with Gasteiger partial charge in [0.25, 0.3) is 0 Å². The van der Waals surface area contributed by atoms with Gasteiger partial charge in [-0.1, -0.05) is 0 Å². The summed E-state index contributed by atoms with van der Waals surface area (Å²) >= 11 is 1.25. The fourth-order valence-electron chi connectivity index (χ4n) is 1.12. The molecule has 0 bridgehead atoms. The second kappa shape index (κ2) is 2.86. The maximum absolute atomic E-state index is 2.17. The van der Waals surface area contributed by atoms with E-state index in [4.69, 9.17) is 0 Å². The summed E-state index contributed by atoms with van der Waals surface area (Å²) in [6, 6.07) is 0. The van der Waals surface area contributed by atoms with Crippen molar-refractivity contribution in [3.8, 4) is 0 Å². The molecule has 2 nitrogen and oxygen atoms in total. The molecule has 0 aliphatic heterocycles. The van der Waals surface area contributed by atoms with Gasteiger partial charge in [-0.3, -0.25) is 0 Å². The first-order valence-electron chi connectivity index (χ1n) is 3.25. The number of imidazole rings is 1. The van der Waals surface area contributed by atoms with E-state index in [1.807, 2.05) is 0 Å². The maximum atomic E-state index is 2.17. The summed E-state index contributed by atoms with van der Waals surface area (Å²) < 4.78 is 5.58. The molecule has 0 radical (unpaired) electrons. The topological polar surface area (TPSA) is 8.81 Å². The fourth-order valence-corrected chi connectivity index (χ4v) is 2.12. The van der Waals surface area contributed by atoms with Crippen LogP contribution < -0.4 is 4.57 Å². The predicted molar refractivity (Wildman–Crippen MR) is 36.0 cm³/mol. The summed E-state index contributed by atoms with van der Waals surface area (Å²) in [5.41, 5.74) is 0. The monoisotopic (exact) mass is 133 g/mol. The molecule has 0 saturated heterocycles. The van der Waals surface area contributed by atoms with E-state index < -0.39 is 0 Å². The molecule has 0 aliphatic carbocycles. The minimum atomic E-state index is 1.24. The van der Waals surface area contributed by atoms with Crippen LogP contribution in [0, 0.1) is 0 Å². The zero-order valence-corrected chi connectivity index (χ0v) is 8.26. The first kappa shape index (κ1) is 7.32. The molecule has 1 aromatic rings. The van der Waals surface area contributed by atoms with E-state index >= 15 is 0 Å². The van der Waals surface area contributed by atoms with Crippen molar-refractivity contribution in [3.05, 3.63) is 18.2 Å². The molecule has 1 aromatic heterocycles. The molecule has 9 heavy (non-hydrogen) atoms. The Bertz CT molecular complexity index is 185. The van der Waals surface area contributed by atoms with Crippen LogP contribution in [0.1, 0.15) is 5.82 Å². The van der Waals surface area contributed by atoms with Gasteiger partial charge in [0.1, 0.15) is 0 Å². The van der Waals surface area contributed by atoms with Crippen molar-refractivity contribution >= 4 is 27.9 Å². The van der Waals surface area contributed by atoms with E-state index in [1.54, 1.807) is 0 Å². The summed E-state index contributed by atoms with van der Waals surface area (Å²) in [6.07, 6.45) is 4.18. The van der Waals surface area contributed by atoms with E-state index in [0.29, 0.717) is 0 Å².